The van der Waals surface area contributed by atoms with E-state index in [1.807, 2.05) is 0 Å². The molecule has 0 heterocycles. The highest BCUT2D eigenvalue weighted by Gasteiger charge is 2.28. The molecule has 0 bridgehead atoms. The van der Waals surface area contributed by atoms with Gasteiger partial charge in [0.25, 0.3) is 0 Å². The Kier molecular flexibility index (Phi) is 10.1. The molecule has 0 aliphatic carbocycles. The second kappa shape index (κ2) is 11.5. The molecular formula is C21H37NO3Si. The zero-order valence-electron chi connectivity index (χ0n) is 16.8. The minimum atomic E-state index is -1.30. The third-order valence-electron chi connectivity index (χ3n) is 5.31. The lowest BCUT2D eigenvalue weighted by molar-refractivity contribution is -0.122. The number of hydrogen-bond acceptors (Lipinski definition) is 3. The maximum atomic E-state index is 11.2. The number of rotatable bonds is 13. The van der Waals surface area contributed by atoms with Crippen LogP contribution < -0.4 is 10.5 Å². The van der Waals surface area contributed by atoms with E-state index in [1.54, 1.807) is 5.19 Å². The largest absolute Gasteiger partial charge is 0.394 e. The minimum Gasteiger partial charge on any atom is -0.394 e. The standard InChI is InChI=1S/C21H37NO3Si/c1-19(25)22-21(17-23,18-24)15-11-6-4-5-7-12-16-26(2,3)20-13-9-8-10-14-20/h8-10,13-14,23-24H,4-7,11-12,15-18H2,1-3H3,(H,22,25). The first-order valence-corrected chi connectivity index (χ1v) is 13.1. The molecule has 1 rings (SSSR count). The molecule has 0 fully saturated rings. The Morgan fingerprint density at radius 2 is 1.50 bits per heavy atom. The van der Waals surface area contributed by atoms with Gasteiger partial charge < -0.3 is 15.5 Å². The van der Waals surface area contributed by atoms with E-state index in [9.17, 15) is 15.0 Å². The summed E-state index contributed by atoms with van der Waals surface area (Å²) in [6.07, 6.45) is 7.54. The van der Waals surface area contributed by atoms with Crippen molar-refractivity contribution < 1.29 is 15.0 Å². The molecule has 5 heteroatoms. The lowest BCUT2D eigenvalue weighted by Crippen LogP contribution is -2.53. The average Bonchev–Trinajstić information content (AvgIpc) is 2.63. The summed E-state index contributed by atoms with van der Waals surface area (Å²) in [5, 5.41) is 23.2. The van der Waals surface area contributed by atoms with Gasteiger partial charge in [-0.05, 0) is 6.42 Å². The van der Waals surface area contributed by atoms with Crippen molar-refractivity contribution in [2.45, 2.75) is 76.5 Å². The molecule has 26 heavy (non-hydrogen) atoms. The van der Waals surface area contributed by atoms with Crippen LogP contribution in [0.1, 0.15) is 51.9 Å². The summed E-state index contributed by atoms with van der Waals surface area (Å²) < 4.78 is 0. The molecule has 0 atom stereocenters. The molecule has 0 aliphatic heterocycles. The summed E-state index contributed by atoms with van der Waals surface area (Å²) in [6, 6.07) is 12.2. The fraction of sp³-hybridized carbons (Fsp3) is 0.667. The van der Waals surface area contributed by atoms with E-state index in [4.69, 9.17) is 0 Å². The Morgan fingerprint density at radius 3 is 2.04 bits per heavy atom. The molecule has 1 aromatic carbocycles. The third kappa shape index (κ3) is 8.02. The predicted molar refractivity (Wildman–Crippen MR) is 111 cm³/mol. The fourth-order valence-corrected chi connectivity index (χ4v) is 6.01. The zero-order chi connectivity index (χ0) is 19.5. The van der Waals surface area contributed by atoms with Crippen molar-refractivity contribution in [3.05, 3.63) is 30.3 Å². The van der Waals surface area contributed by atoms with Gasteiger partial charge in [-0.15, -0.1) is 0 Å². The number of nitrogens with one attached hydrogen (secondary N) is 1. The van der Waals surface area contributed by atoms with Crippen molar-refractivity contribution in [2.24, 2.45) is 0 Å². The molecule has 0 saturated carbocycles. The van der Waals surface area contributed by atoms with E-state index >= 15 is 0 Å². The molecule has 148 valence electrons. The van der Waals surface area contributed by atoms with E-state index in [-0.39, 0.29) is 19.1 Å². The highest BCUT2D eigenvalue weighted by molar-refractivity contribution is 6.89. The van der Waals surface area contributed by atoms with Gasteiger partial charge in [0.15, 0.2) is 0 Å². The normalized spacial score (nSPS) is 12.2. The van der Waals surface area contributed by atoms with Gasteiger partial charge in [-0.3, -0.25) is 4.79 Å². The predicted octanol–water partition coefficient (Wildman–Crippen LogP) is 3.19. The van der Waals surface area contributed by atoms with E-state index in [0.717, 1.165) is 12.8 Å². The van der Waals surface area contributed by atoms with E-state index in [2.05, 4.69) is 48.7 Å². The topological polar surface area (TPSA) is 69.6 Å². The smallest absolute Gasteiger partial charge is 0.217 e. The molecule has 4 nitrogen and oxygen atoms in total. The number of hydrogen-bond donors (Lipinski definition) is 3. The van der Waals surface area contributed by atoms with Crippen molar-refractivity contribution >= 4 is 19.2 Å². The van der Waals surface area contributed by atoms with Gasteiger partial charge >= 0.3 is 0 Å². The lowest BCUT2D eigenvalue weighted by atomic mass is 9.93. The summed E-state index contributed by atoms with van der Waals surface area (Å²) in [5.74, 6) is -0.210. The van der Waals surface area contributed by atoms with E-state index in [0.29, 0.717) is 6.42 Å². The third-order valence-corrected chi connectivity index (χ3v) is 8.81. The monoisotopic (exact) mass is 379 g/mol. The Hall–Kier alpha value is -1.17. The second-order valence-corrected chi connectivity index (χ2v) is 13.0. The van der Waals surface area contributed by atoms with Gasteiger partial charge in [-0.2, -0.15) is 0 Å². The van der Waals surface area contributed by atoms with Gasteiger partial charge in [0.1, 0.15) is 0 Å². The van der Waals surface area contributed by atoms with Gasteiger partial charge in [0.05, 0.1) is 26.8 Å². The van der Waals surface area contributed by atoms with Crippen molar-refractivity contribution in [3.63, 3.8) is 0 Å². The summed E-state index contributed by atoms with van der Waals surface area (Å²) in [5.41, 5.74) is -0.864. The SMILES string of the molecule is CC(=O)NC(CO)(CO)CCCCCCCC[Si](C)(C)c1ccccc1. The molecule has 0 unspecified atom stereocenters. The number of unbranched alkanes of at least 4 members (excludes halogenated alkanes) is 5. The molecule has 1 aromatic rings. The Bertz CT molecular complexity index is 515. The molecular weight excluding hydrogens is 342 g/mol. The van der Waals surface area contributed by atoms with Crippen LogP contribution >= 0.6 is 0 Å². The van der Waals surface area contributed by atoms with Crippen LogP contribution in [0.25, 0.3) is 0 Å². The van der Waals surface area contributed by atoms with E-state index in [1.165, 1.54) is 38.7 Å². The molecule has 3 N–H and O–H groups in total. The van der Waals surface area contributed by atoms with Crippen molar-refractivity contribution in [2.75, 3.05) is 13.2 Å². The first kappa shape index (κ1) is 22.9. The highest BCUT2D eigenvalue weighted by Crippen LogP contribution is 2.18. The number of carbonyl (C=O) groups is 1. The van der Waals surface area contributed by atoms with Crippen LogP contribution in [0.2, 0.25) is 19.1 Å². The molecule has 0 aromatic heterocycles. The Balaban J connectivity index is 2.18. The Labute approximate surface area is 160 Å². The van der Waals surface area contributed by atoms with Crippen molar-refractivity contribution in [1.82, 2.24) is 5.32 Å². The van der Waals surface area contributed by atoms with Crippen LogP contribution in [0, 0.1) is 0 Å². The first-order chi connectivity index (χ1) is 12.4. The molecule has 1 amide bonds. The minimum absolute atomic E-state index is 0.210. The van der Waals surface area contributed by atoms with Gasteiger partial charge in [0.2, 0.25) is 5.91 Å². The molecule has 0 saturated heterocycles. The molecule has 0 radical (unpaired) electrons. The summed E-state index contributed by atoms with van der Waals surface area (Å²) in [4.78, 5) is 11.2. The van der Waals surface area contributed by atoms with Crippen LogP contribution in [-0.4, -0.2) is 42.9 Å². The van der Waals surface area contributed by atoms with Crippen molar-refractivity contribution in [1.29, 1.82) is 0 Å². The fourth-order valence-electron chi connectivity index (χ4n) is 3.49. The lowest BCUT2D eigenvalue weighted by Gasteiger charge is -2.30. The average molecular weight is 380 g/mol. The van der Waals surface area contributed by atoms with Crippen LogP contribution in [0.3, 0.4) is 0 Å². The zero-order valence-corrected chi connectivity index (χ0v) is 17.8. The number of benzene rings is 1. The van der Waals surface area contributed by atoms with Crippen LogP contribution in [0.5, 0.6) is 0 Å². The van der Waals surface area contributed by atoms with Gasteiger partial charge in [0, 0.05) is 6.92 Å². The number of aliphatic hydroxyl groups is 2. The highest BCUT2D eigenvalue weighted by atomic mass is 28.3. The Morgan fingerprint density at radius 1 is 0.962 bits per heavy atom. The van der Waals surface area contributed by atoms with Gasteiger partial charge in [-0.25, -0.2) is 0 Å². The number of carbonyl (C=O) groups excluding carboxylic acids is 1. The quantitative estimate of drug-likeness (QED) is 0.364. The van der Waals surface area contributed by atoms with Crippen molar-refractivity contribution in [3.8, 4) is 0 Å². The maximum Gasteiger partial charge on any atom is 0.217 e. The summed E-state index contributed by atoms with van der Waals surface area (Å²) in [6.45, 7) is 5.88. The van der Waals surface area contributed by atoms with Crippen LogP contribution in [-0.2, 0) is 4.79 Å². The molecule has 0 aliphatic rings. The van der Waals surface area contributed by atoms with Crippen LogP contribution in [0.15, 0.2) is 30.3 Å². The summed E-state index contributed by atoms with van der Waals surface area (Å²) >= 11 is 0. The van der Waals surface area contributed by atoms with Gasteiger partial charge in [-0.1, -0.05) is 93.2 Å². The number of amides is 1. The van der Waals surface area contributed by atoms with Crippen LogP contribution in [0.4, 0.5) is 0 Å². The first-order valence-electron chi connectivity index (χ1n) is 9.91. The summed E-state index contributed by atoms with van der Waals surface area (Å²) in [7, 11) is -1.30. The molecule has 0 spiro atoms. The van der Waals surface area contributed by atoms with E-state index < -0.39 is 13.6 Å². The number of aliphatic hydroxyl groups excluding tert-OH is 2. The maximum absolute atomic E-state index is 11.2. The second-order valence-electron chi connectivity index (χ2n) is 8.15.